The summed E-state index contributed by atoms with van der Waals surface area (Å²) in [6.07, 6.45) is 1.23. The summed E-state index contributed by atoms with van der Waals surface area (Å²) in [6.45, 7) is 7.19. The van der Waals surface area contributed by atoms with Gasteiger partial charge in [0, 0.05) is 12.6 Å². The molecule has 84 valence electrons. The van der Waals surface area contributed by atoms with Gasteiger partial charge < -0.3 is 5.32 Å². The van der Waals surface area contributed by atoms with Gasteiger partial charge in [-0.15, -0.1) is 0 Å². The van der Waals surface area contributed by atoms with Crippen LogP contribution >= 0.6 is 0 Å². The van der Waals surface area contributed by atoms with Gasteiger partial charge >= 0.3 is 0 Å². The minimum atomic E-state index is -0.256. The maximum Gasteiger partial charge on any atom is 0.251 e. The Hall–Kier alpha value is -1.90. The van der Waals surface area contributed by atoms with E-state index in [0.717, 1.165) is 11.1 Å². The Kier molecular flexibility index (Phi) is 3.61. The molecule has 0 saturated carbocycles. The van der Waals surface area contributed by atoms with Crippen molar-refractivity contribution in [1.82, 2.24) is 5.32 Å². The fourth-order valence-corrected chi connectivity index (χ4v) is 1.56. The minimum Gasteiger partial charge on any atom is -0.355 e. The number of aryl methyl sites for hydroxylation is 1. The number of carbonyl (C=O) groups excluding carboxylic acids is 2. The van der Waals surface area contributed by atoms with Crippen molar-refractivity contribution in [2.45, 2.75) is 13.8 Å². The number of nitrogens with one attached hydrogen (secondary N) is 1. The van der Waals surface area contributed by atoms with Crippen molar-refractivity contribution in [3.63, 3.8) is 0 Å². The summed E-state index contributed by atoms with van der Waals surface area (Å²) in [7, 11) is 1.54. The molecular formula is C13H15NO2. The average molecular weight is 217 g/mol. The smallest absolute Gasteiger partial charge is 0.251 e. The molecule has 0 saturated heterocycles. The highest BCUT2D eigenvalue weighted by Gasteiger charge is 2.17. The summed E-state index contributed by atoms with van der Waals surface area (Å²) in [5, 5.41) is 2.52. The molecule has 1 N–H and O–H groups in total. The van der Waals surface area contributed by atoms with E-state index in [9.17, 15) is 9.59 Å². The Labute approximate surface area is 95.2 Å². The summed E-state index contributed by atoms with van der Waals surface area (Å²) in [6, 6.07) is 3.50. The lowest BCUT2D eigenvalue weighted by molar-refractivity contribution is 0.0951. The van der Waals surface area contributed by atoms with Crippen LogP contribution in [0.3, 0.4) is 0 Å². The Morgan fingerprint density at radius 3 is 2.44 bits per heavy atom. The maximum atomic E-state index is 11.7. The lowest BCUT2D eigenvalue weighted by Crippen LogP contribution is -2.21. The van der Waals surface area contributed by atoms with Crippen molar-refractivity contribution in [3.05, 3.63) is 47.0 Å². The maximum absolute atomic E-state index is 11.7. The second-order valence-corrected chi connectivity index (χ2v) is 3.58. The third-order valence-corrected chi connectivity index (χ3v) is 2.64. The van der Waals surface area contributed by atoms with Crippen LogP contribution in [0.4, 0.5) is 0 Å². The molecule has 0 heterocycles. The second kappa shape index (κ2) is 4.75. The van der Waals surface area contributed by atoms with Gasteiger partial charge in [0.25, 0.3) is 5.91 Å². The van der Waals surface area contributed by atoms with Gasteiger partial charge in [0.1, 0.15) is 0 Å². The van der Waals surface area contributed by atoms with E-state index >= 15 is 0 Å². The first kappa shape index (κ1) is 12.2. The summed E-state index contributed by atoms with van der Waals surface area (Å²) in [4.78, 5) is 23.4. The minimum absolute atomic E-state index is 0.222. The molecule has 0 aromatic heterocycles. The molecule has 3 nitrogen and oxygen atoms in total. The van der Waals surface area contributed by atoms with Gasteiger partial charge in [-0.2, -0.15) is 0 Å². The fourth-order valence-electron chi connectivity index (χ4n) is 1.56. The summed E-state index contributed by atoms with van der Waals surface area (Å²) < 4.78 is 0. The topological polar surface area (TPSA) is 46.2 Å². The molecule has 1 aromatic carbocycles. The van der Waals surface area contributed by atoms with Crippen LogP contribution in [0, 0.1) is 13.8 Å². The molecule has 3 heteroatoms. The number of allylic oxidation sites excluding steroid dienone is 1. The monoisotopic (exact) mass is 217 g/mol. The molecule has 0 atom stereocenters. The number of benzene rings is 1. The predicted octanol–water partition coefficient (Wildman–Crippen LogP) is 2.03. The molecular weight excluding hydrogens is 202 g/mol. The highest BCUT2D eigenvalue weighted by Crippen LogP contribution is 2.19. The van der Waals surface area contributed by atoms with Gasteiger partial charge in [-0.05, 0) is 37.1 Å². The summed E-state index contributed by atoms with van der Waals surface area (Å²) >= 11 is 0. The van der Waals surface area contributed by atoms with Crippen LogP contribution in [0.2, 0.25) is 0 Å². The van der Waals surface area contributed by atoms with Gasteiger partial charge in [-0.1, -0.05) is 12.6 Å². The van der Waals surface area contributed by atoms with Crippen LogP contribution in [0.15, 0.2) is 24.8 Å². The predicted molar refractivity (Wildman–Crippen MR) is 63.8 cm³/mol. The SMILES string of the molecule is C=CC(=O)c1c(C(=O)NC)ccc(C)c1C. The quantitative estimate of drug-likeness (QED) is 0.622. The molecule has 16 heavy (non-hydrogen) atoms. The van der Waals surface area contributed by atoms with Gasteiger partial charge in [-0.25, -0.2) is 0 Å². The van der Waals surface area contributed by atoms with E-state index in [2.05, 4.69) is 11.9 Å². The van der Waals surface area contributed by atoms with Crippen molar-refractivity contribution in [1.29, 1.82) is 0 Å². The normalized spacial score (nSPS) is 9.69. The summed E-state index contributed by atoms with van der Waals surface area (Å²) in [5.74, 6) is -0.479. The van der Waals surface area contributed by atoms with Crippen LogP contribution < -0.4 is 5.32 Å². The Morgan fingerprint density at radius 1 is 1.31 bits per heavy atom. The molecule has 1 aromatic rings. The molecule has 0 radical (unpaired) electrons. The van der Waals surface area contributed by atoms with E-state index in [-0.39, 0.29) is 11.7 Å². The van der Waals surface area contributed by atoms with E-state index < -0.39 is 0 Å². The second-order valence-electron chi connectivity index (χ2n) is 3.58. The van der Waals surface area contributed by atoms with E-state index in [1.807, 2.05) is 19.9 Å². The highest BCUT2D eigenvalue weighted by molar-refractivity contribution is 6.13. The van der Waals surface area contributed by atoms with Crippen LogP contribution in [0.25, 0.3) is 0 Å². The van der Waals surface area contributed by atoms with Crippen LogP contribution in [-0.4, -0.2) is 18.7 Å². The molecule has 0 aliphatic carbocycles. The standard InChI is InChI=1S/C13H15NO2/c1-5-11(15)12-9(3)8(2)6-7-10(12)13(16)14-4/h5-7H,1H2,2-4H3,(H,14,16). The molecule has 0 fully saturated rings. The van der Waals surface area contributed by atoms with E-state index in [1.165, 1.54) is 6.08 Å². The van der Waals surface area contributed by atoms with Gasteiger partial charge in [0.2, 0.25) is 0 Å². The Bertz CT molecular complexity index is 461. The van der Waals surface area contributed by atoms with Crippen molar-refractivity contribution in [3.8, 4) is 0 Å². The lowest BCUT2D eigenvalue weighted by atomic mass is 9.94. The summed E-state index contributed by atoms with van der Waals surface area (Å²) in [5.41, 5.74) is 2.65. The largest absolute Gasteiger partial charge is 0.355 e. The van der Waals surface area contributed by atoms with Crippen LogP contribution in [0.5, 0.6) is 0 Å². The molecule has 0 aliphatic heterocycles. The van der Waals surface area contributed by atoms with E-state index in [4.69, 9.17) is 0 Å². The highest BCUT2D eigenvalue weighted by atomic mass is 16.2. The average Bonchev–Trinajstić information content (AvgIpc) is 2.30. The molecule has 0 aliphatic rings. The van der Waals surface area contributed by atoms with Crippen molar-refractivity contribution in [2.75, 3.05) is 7.05 Å². The number of hydrogen-bond acceptors (Lipinski definition) is 2. The number of hydrogen-bond donors (Lipinski definition) is 1. The zero-order valence-corrected chi connectivity index (χ0v) is 9.76. The molecule has 0 unspecified atom stereocenters. The fraction of sp³-hybridized carbons (Fsp3) is 0.231. The molecule has 0 bridgehead atoms. The first-order valence-electron chi connectivity index (χ1n) is 5.02. The van der Waals surface area contributed by atoms with Gasteiger partial charge in [0.05, 0.1) is 5.56 Å². The van der Waals surface area contributed by atoms with Crippen LogP contribution in [-0.2, 0) is 0 Å². The Balaban J connectivity index is 3.50. The number of ketones is 1. The van der Waals surface area contributed by atoms with Crippen LogP contribution in [0.1, 0.15) is 31.8 Å². The first-order valence-corrected chi connectivity index (χ1v) is 5.02. The third kappa shape index (κ3) is 2.03. The zero-order chi connectivity index (χ0) is 12.3. The van der Waals surface area contributed by atoms with Gasteiger partial charge in [-0.3, -0.25) is 9.59 Å². The molecule has 1 rings (SSSR count). The number of carbonyl (C=O) groups is 2. The van der Waals surface area contributed by atoms with Gasteiger partial charge in [0.15, 0.2) is 5.78 Å². The lowest BCUT2D eigenvalue weighted by Gasteiger charge is -2.11. The molecule has 1 amide bonds. The van der Waals surface area contributed by atoms with Crippen molar-refractivity contribution < 1.29 is 9.59 Å². The molecule has 0 spiro atoms. The number of amides is 1. The van der Waals surface area contributed by atoms with Crippen molar-refractivity contribution >= 4 is 11.7 Å². The zero-order valence-electron chi connectivity index (χ0n) is 9.76. The van der Waals surface area contributed by atoms with E-state index in [0.29, 0.717) is 11.1 Å². The van der Waals surface area contributed by atoms with Crippen molar-refractivity contribution in [2.24, 2.45) is 0 Å². The third-order valence-electron chi connectivity index (χ3n) is 2.64. The Morgan fingerprint density at radius 2 is 1.94 bits per heavy atom. The first-order chi connectivity index (χ1) is 7.52. The number of rotatable bonds is 3. The van der Waals surface area contributed by atoms with E-state index in [1.54, 1.807) is 13.1 Å².